The molecule has 2 nitrogen and oxygen atoms in total. The van der Waals surface area contributed by atoms with Crippen LogP contribution in [-0.4, -0.2) is 11.9 Å². The molecule has 0 spiro atoms. The Morgan fingerprint density at radius 2 is 2.11 bits per heavy atom. The average molecular weight is 328 g/mol. The molecule has 0 saturated heterocycles. The first-order chi connectivity index (χ1) is 9.08. The van der Waals surface area contributed by atoms with Gasteiger partial charge < -0.3 is 5.32 Å². The van der Waals surface area contributed by atoms with Gasteiger partial charge in [-0.1, -0.05) is 25.8 Å². The van der Waals surface area contributed by atoms with Gasteiger partial charge in [0.1, 0.15) is 5.82 Å². The summed E-state index contributed by atoms with van der Waals surface area (Å²) in [6.45, 7) is 2.26. The van der Waals surface area contributed by atoms with E-state index in [9.17, 15) is 9.18 Å². The number of halogens is 2. The zero-order valence-corrected chi connectivity index (χ0v) is 12.7. The fourth-order valence-corrected chi connectivity index (χ4v) is 3.02. The molecule has 1 aromatic carbocycles. The third-order valence-corrected chi connectivity index (χ3v) is 4.59. The van der Waals surface area contributed by atoms with Crippen LogP contribution in [0.25, 0.3) is 0 Å². The summed E-state index contributed by atoms with van der Waals surface area (Å²) in [5.41, 5.74) is 0.372. The van der Waals surface area contributed by atoms with E-state index in [0.29, 0.717) is 5.56 Å². The van der Waals surface area contributed by atoms with Gasteiger partial charge in [-0.3, -0.25) is 4.79 Å². The van der Waals surface area contributed by atoms with Crippen molar-refractivity contribution in [1.29, 1.82) is 0 Å². The molecule has 0 bridgehead atoms. The second kappa shape index (κ2) is 6.51. The summed E-state index contributed by atoms with van der Waals surface area (Å²) in [6.07, 6.45) is 5.56. The number of nitrogens with one attached hydrogen (secondary N) is 1. The number of hydrogen-bond donors (Lipinski definition) is 1. The number of benzene rings is 1. The molecule has 4 heteroatoms. The van der Waals surface area contributed by atoms with Gasteiger partial charge in [-0.15, -0.1) is 0 Å². The van der Waals surface area contributed by atoms with Gasteiger partial charge in [0, 0.05) is 6.04 Å². The van der Waals surface area contributed by atoms with Gasteiger partial charge in [0.25, 0.3) is 5.91 Å². The molecule has 1 aliphatic carbocycles. The van der Waals surface area contributed by atoms with Gasteiger partial charge in [0.15, 0.2) is 0 Å². The van der Waals surface area contributed by atoms with Gasteiger partial charge in [-0.2, -0.15) is 0 Å². The topological polar surface area (TPSA) is 29.1 Å². The Kier molecular flexibility index (Phi) is 4.97. The predicted octanol–water partition coefficient (Wildman–Crippen LogP) is 4.29. The molecule has 2 unspecified atom stereocenters. The molecule has 1 fully saturated rings. The standard InChI is InChI=1S/C15H19BrFNO/c1-10-4-2-5-11(9-8-10)18-15(19)12-6-3-7-13(17)14(12)16/h3,6-7,10-11H,2,4-5,8-9H2,1H3,(H,18,19). The first-order valence-corrected chi connectivity index (χ1v) is 7.62. The van der Waals surface area contributed by atoms with E-state index in [1.54, 1.807) is 12.1 Å². The van der Waals surface area contributed by atoms with Crippen molar-refractivity contribution in [2.75, 3.05) is 0 Å². The lowest BCUT2D eigenvalue weighted by Gasteiger charge is -2.17. The molecular weight excluding hydrogens is 309 g/mol. The van der Waals surface area contributed by atoms with Crippen LogP contribution in [0.1, 0.15) is 49.4 Å². The Bertz CT molecular complexity index is 463. The molecule has 1 saturated carbocycles. The van der Waals surface area contributed by atoms with Crippen LogP contribution in [0, 0.1) is 11.7 Å². The van der Waals surface area contributed by atoms with E-state index in [-0.39, 0.29) is 16.4 Å². The lowest BCUT2D eigenvalue weighted by Crippen LogP contribution is -2.34. The summed E-state index contributed by atoms with van der Waals surface area (Å²) in [5, 5.41) is 3.03. The number of carbonyl (C=O) groups is 1. The van der Waals surface area contributed by atoms with Crippen molar-refractivity contribution in [3.8, 4) is 0 Å². The molecule has 0 radical (unpaired) electrons. The molecular formula is C15H19BrFNO. The van der Waals surface area contributed by atoms with Gasteiger partial charge in [-0.25, -0.2) is 4.39 Å². The Morgan fingerprint density at radius 3 is 2.89 bits per heavy atom. The summed E-state index contributed by atoms with van der Waals surface area (Å²) in [5.74, 6) is 0.149. The van der Waals surface area contributed by atoms with Gasteiger partial charge in [-0.05, 0) is 53.2 Å². The van der Waals surface area contributed by atoms with Crippen molar-refractivity contribution >= 4 is 21.8 Å². The maximum atomic E-state index is 13.4. The second-order valence-corrected chi connectivity index (χ2v) is 6.18. The minimum Gasteiger partial charge on any atom is -0.349 e. The van der Waals surface area contributed by atoms with Crippen LogP contribution in [0.3, 0.4) is 0 Å². The summed E-state index contributed by atoms with van der Waals surface area (Å²) < 4.78 is 13.7. The lowest BCUT2D eigenvalue weighted by atomic mass is 10.0. The smallest absolute Gasteiger partial charge is 0.252 e. The number of carbonyl (C=O) groups excluding carboxylic acids is 1. The van der Waals surface area contributed by atoms with Crippen LogP contribution in [0.5, 0.6) is 0 Å². The molecule has 19 heavy (non-hydrogen) atoms. The van der Waals surface area contributed by atoms with Crippen LogP contribution in [0.4, 0.5) is 4.39 Å². The third kappa shape index (κ3) is 3.78. The van der Waals surface area contributed by atoms with Crippen molar-refractivity contribution in [2.45, 2.75) is 45.1 Å². The number of hydrogen-bond acceptors (Lipinski definition) is 1. The molecule has 0 heterocycles. The largest absolute Gasteiger partial charge is 0.349 e. The van der Waals surface area contributed by atoms with Crippen molar-refractivity contribution in [3.05, 3.63) is 34.1 Å². The molecule has 1 N–H and O–H groups in total. The van der Waals surface area contributed by atoms with Crippen molar-refractivity contribution in [2.24, 2.45) is 5.92 Å². The van der Waals surface area contributed by atoms with Gasteiger partial charge >= 0.3 is 0 Å². The first-order valence-electron chi connectivity index (χ1n) is 6.83. The van der Waals surface area contributed by atoms with Gasteiger partial charge in [0.05, 0.1) is 10.0 Å². The quantitative estimate of drug-likeness (QED) is 0.807. The Balaban J connectivity index is 2.02. The van der Waals surface area contributed by atoms with E-state index in [1.807, 2.05) is 0 Å². The normalized spacial score (nSPS) is 23.7. The highest BCUT2D eigenvalue weighted by atomic mass is 79.9. The predicted molar refractivity (Wildman–Crippen MR) is 77.6 cm³/mol. The molecule has 1 amide bonds. The molecule has 0 aliphatic heterocycles. The minimum absolute atomic E-state index is 0.189. The summed E-state index contributed by atoms with van der Waals surface area (Å²) >= 11 is 3.13. The number of rotatable bonds is 2. The summed E-state index contributed by atoms with van der Waals surface area (Å²) in [6, 6.07) is 4.76. The fourth-order valence-electron chi connectivity index (χ4n) is 2.57. The SMILES string of the molecule is CC1CCCC(NC(=O)c2cccc(F)c2Br)CC1. The van der Waals surface area contributed by atoms with E-state index < -0.39 is 5.82 Å². The molecule has 2 rings (SSSR count). The minimum atomic E-state index is -0.401. The van der Waals surface area contributed by atoms with Crippen molar-refractivity contribution in [1.82, 2.24) is 5.32 Å². The highest BCUT2D eigenvalue weighted by Crippen LogP contribution is 2.24. The molecule has 1 aromatic rings. The summed E-state index contributed by atoms with van der Waals surface area (Å²) in [4.78, 5) is 12.2. The molecule has 2 atom stereocenters. The fraction of sp³-hybridized carbons (Fsp3) is 0.533. The number of amides is 1. The Labute approximate surface area is 121 Å². The maximum Gasteiger partial charge on any atom is 0.252 e. The lowest BCUT2D eigenvalue weighted by molar-refractivity contribution is 0.0932. The monoisotopic (exact) mass is 327 g/mol. The van der Waals surface area contributed by atoms with Crippen molar-refractivity contribution in [3.63, 3.8) is 0 Å². The zero-order chi connectivity index (χ0) is 13.8. The van der Waals surface area contributed by atoms with Crippen molar-refractivity contribution < 1.29 is 9.18 Å². The molecule has 0 aromatic heterocycles. The highest BCUT2D eigenvalue weighted by Gasteiger charge is 2.20. The molecule has 104 valence electrons. The van der Waals surface area contributed by atoms with E-state index in [4.69, 9.17) is 0 Å². The van der Waals surface area contributed by atoms with Crippen LogP contribution in [-0.2, 0) is 0 Å². The highest BCUT2D eigenvalue weighted by molar-refractivity contribution is 9.10. The summed E-state index contributed by atoms with van der Waals surface area (Å²) in [7, 11) is 0. The van der Waals surface area contributed by atoms with Crippen LogP contribution in [0.2, 0.25) is 0 Å². The third-order valence-electron chi connectivity index (χ3n) is 3.79. The van der Waals surface area contributed by atoms with E-state index in [2.05, 4.69) is 28.2 Å². The van der Waals surface area contributed by atoms with E-state index >= 15 is 0 Å². The van der Waals surface area contributed by atoms with Crippen LogP contribution >= 0.6 is 15.9 Å². The average Bonchev–Trinajstić information content (AvgIpc) is 2.58. The first kappa shape index (κ1) is 14.5. The zero-order valence-electron chi connectivity index (χ0n) is 11.1. The van der Waals surface area contributed by atoms with Crippen LogP contribution < -0.4 is 5.32 Å². The maximum absolute atomic E-state index is 13.4. The van der Waals surface area contributed by atoms with E-state index in [1.165, 1.54) is 12.5 Å². The Hall–Kier alpha value is -0.900. The second-order valence-electron chi connectivity index (χ2n) is 5.39. The van der Waals surface area contributed by atoms with Gasteiger partial charge in [0.2, 0.25) is 0 Å². The van der Waals surface area contributed by atoms with E-state index in [0.717, 1.165) is 31.6 Å². The van der Waals surface area contributed by atoms with Crippen LogP contribution in [0.15, 0.2) is 22.7 Å². The Morgan fingerprint density at radius 1 is 1.32 bits per heavy atom. The molecule has 1 aliphatic rings.